The Hall–Kier alpha value is -1.70. The van der Waals surface area contributed by atoms with E-state index < -0.39 is 10.0 Å². The minimum absolute atomic E-state index is 0.142. The zero-order chi connectivity index (χ0) is 13.9. The quantitative estimate of drug-likeness (QED) is 0.845. The molecule has 0 radical (unpaired) electrons. The number of nitrogens with one attached hydrogen (secondary N) is 1. The van der Waals surface area contributed by atoms with E-state index in [4.69, 9.17) is 5.11 Å². The molecule has 0 saturated heterocycles. The summed E-state index contributed by atoms with van der Waals surface area (Å²) in [4.78, 5) is 6.80. The third-order valence-corrected chi connectivity index (χ3v) is 4.50. The second-order valence-corrected chi connectivity index (χ2v) is 6.19. The number of pyridine rings is 1. The first kappa shape index (κ1) is 13.7. The molecule has 2 heterocycles. The van der Waals surface area contributed by atoms with E-state index in [1.807, 2.05) is 6.07 Å². The molecule has 0 saturated carbocycles. The van der Waals surface area contributed by atoms with E-state index >= 15 is 0 Å². The second-order valence-electron chi connectivity index (χ2n) is 4.14. The van der Waals surface area contributed by atoms with Crippen LogP contribution in [0.1, 0.15) is 11.3 Å². The fourth-order valence-corrected chi connectivity index (χ4v) is 2.85. The smallest absolute Gasteiger partial charge is 0.244 e. The van der Waals surface area contributed by atoms with Crippen LogP contribution in [0.4, 0.5) is 0 Å². The van der Waals surface area contributed by atoms with Crippen molar-refractivity contribution < 1.29 is 13.5 Å². The van der Waals surface area contributed by atoms with Gasteiger partial charge in [0.15, 0.2) is 0 Å². The summed E-state index contributed by atoms with van der Waals surface area (Å²) in [5.41, 5.74) is 1.28. The maximum Gasteiger partial charge on any atom is 0.244 e. The van der Waals surface area contributed by atoms with Crippen molar-refractivity contribution in [2.75, 3.05) is 7.05 Å². The van der Waals surface area contributed by atoms with Crippen molar-refractivity contribution in [1.82, 2.24) is 14.3 Å². The Morgan fingerprint density at radius 1 is 1.47 bits per heavy atom. The first-order chi connectivity index (χ1) is 9.04. The number of aromatic amines is 1. The van der Waals surface area contributed by atoms with Gasteiger partial charge in [-0.1, -0.05) is 6.07 Å². The number of H-pyrrole nitrogens is 1. The average Bonchev–Trinajstić information content (AvgIpc) is 2.89. The van der Waals surface area contributed by atoms with Gasteiger partial charge in [-0.25, -0.2) is 8.42 Å². The molecule has 2 N–H and O–H groups in total. The van der Waals surface area contributed by atoms with Gasteiger partial charge in [-0.3, -0.25) is 4.98 Å². The van der Waals surface area contributed by atoms with Crippen LogP contribution in [0.5, 0.6) is 0 Å². The molecule has 7 heteroatoms. The van der Waals surface area contributed by atoms with Gasteiger partial charge in [0.25, 0.3) is 0 Å². The standard InChI is InChI=1S/C12H15N3O3S/c1-15(8-10-3-2-4-13-6-10)19(17,18)12-5-11(9-16)14-7-12/h2-7,14,16H,8-9H2,1H3. The van der Waals surface area contributed by atoms with Gasteiger partial charge in [0, 0.05) is 37.9 Å². The molecule has 0 unspecified atom stereocenters. The van der Waals surface area contributed by atoms with Crippen LogP contribution in [-0.4, -0.2) is 34.8 Å². The van der Waals surface area contributed by atoms with E-state index in [1.54, 1.807) is 18.5 Å². The first-order valence-electron chi connectivity index (χ1n) is 5.67. The highest BCUT2D eigenvalue weighted by Gasteiger charge is 2.22. The summed E-state index contributed by atoms with van der Waals surface area (Å²) in [6, 6.07) is 5.00. The number of aliphatic hydroxyl groups is 1. The van der Waals surface area contributed by atoms with E-state index in [9.17, 15) is 8.42 Å². The lowest BCUT2D eigenvalue weighted by Crippen LogP contribution is -2.26. The van der Waals surface area contributed by atoms with Crippen LogP contribution in [0.25, 0.3) is 0 Å². The predicted molar refractivity (Wildman–Crippen MR) is 69.6 cm³/mol. The van der Waals surface area contributed by atoms with Crippen LogP contribution in [0.15, 0.2) is 41.7 Å². The maximum atomic E-state index is 12.3. The molecule has 0 spiro atoms. The van der Waals surface area contributed by atoms with Crippen molar-refractivity contribution in [2.45, 2.75) is 18.0 Å². The number of hydrogen-bond donors (Lipinski definition) is 2. The lowest BCUT2D eigenvalue weighted by atomic mass is 10.3. The lowest BCUT2D eigenvalue weighted by Gasteiger charge is -2.15. The van der Waals surface area contributed by atoms with Gasteiger partial charge in [0.05, 0.1) is 11.5 Å². The number of nitrogens with zero attached hydrogens (tertiary/aromatic N) is 2. The van der Waals surface area contributed by atoms with Crippen LogP contribution in [0.3, 0.4) is 0 Å². The largest absolute Gasteiger partial charge is 0.390 e. The molecule has 2 aromatic rings. The molecule has 0 aliphatic carbocycles. The van der Waals surface area contributed by atoms with Crippen molar-refractivity contribution in [2.24, 2.45) is 0 Å². The first-order valence-corrected chi connectivity index (χ1v) is 7.11. The molecule has 0 aliphatic heterocycles. The predicted octanol–water partition coefficient (Wildman–Crippen LogP) is 0.723. The zero-order valence-electron chi connectivity index (χ0n) is 10.4. The second kappa shape index (κ2) is 5.52. The Labute approximate surface area is 111 Å². The van der Waals surface area contributed by atoms with Crippen molar-refractivity contribution >= 4 is 10.0 Å². The highest BCUT2D eigenvalue weighted by Crippen LogP contribution is 2.17. The fraction of sp³-hybridized carbons (Fsp3) is 0.250. The molecule has 102 valence electrons. The molecule has 0 atom stereocenters. The van der Waals surface area contributed by atoms with Crippen molar-refractivity contribution in [3.05, 3.63) is 48.0 Å². The lowest BCUT2D eigenvalue weighted by molar-refractivity contribution is 0.277. The van der Waals surface area contributed by atoms with Gasteiger partial charge >= 0.3 is 0 Å². The van der Waals surface area contributed by atoms with Gasteiger partial charge in [0.2, 0.25) is 10.0 Å². The van der Waals surface area contributed by atoms with E-state index in [2.05, 4.69) is 9.97 Å². The molecule has 19 heavy (non-hydrogen) atoms. The Morgan fingerprint density at radius 3 is 2.84 bits per heavy atom. The number of hydrogen-bond acceptors (Lipinski definition) is 4. The summed E-state index contributed by atoms with van der Waals surface area (Å²) in [6.45, 7) is 0.0254. The number of sulfonamides is 1. The van der Waals surface area contributed by atoms with Crippen molar-refractivity contribution in [3.8, 4) is 0 Å². The summed E-state index contributed by atoms with van der Waals surface area (Å²) < 4.78 is 25.8. The van der Waals surface area contributed by atoms with Gasteiger partial charge in [-0.15, -0.1) is 0 Å². The minimum atomic E-state index is -3.56. The maximum absolute atomic E-state index is 12.3. The minimum Gasteiger partial charge on any atom is -0.390 e. The van der Waals surface area contributed by atoms with Gasteiger partial charge in [-0.05, 0) is 17.7 Å². The van der Waals surface area contributed by atoms with Crippen LogP contribution in [-0.2, 0) is 23.2 Å². The van der Waals surface area contributed by atoms with E-state index in [0.717, 1.165) is 5.56 Å². The van der Waals surface area contributed by atoms with Gasteiger partial charge < -0.3 is 10.1 Å². The SMILES string of the molecule is CN(Cc1cccnc1)S(=O)(=O)c1c[nH]c(CO)c1. The highest BCUT2D eigenvalue weighted by atomic mass is 32.2. The number of aromatic nitrogens is 2. The van der Waals surface area contributed by atoms with Gasteiger partial charge in [0.1, 0.15) is 0 Å². The van der Waals surface area contributed by atoms with Crippen molar-refractivity contribution in [1.29, 1.82) is 0 Å². The van der Waals surface area contributed by atoms with E-state index in [0.29, 0.717) is 5.69 Å². The van der Waals surface area contributed by atoms with Crippen LogP contribution < -0.4 is 0 Å². The van der Waals surface area contributed by atoms with Gasteiger partial charge in [-0.2, -0.15) is 4.31 Å². The number of rotatable bonds is 5. The van der Waals surface area contributed by atoms with Crippen LogP contribution >= 0.6 is 0 Å². The highest BCUT2D eigenvalue weighted by molar-refractivity contribution is 7.89. The summed E-state index contributed by atoms with van der Waals surface area (Å²) in [5.74, 6) is 0. The van der Waals surface area contributed by atoms with Crippen LogP contribution in [0, 0.1) is 0 Å². The summed E-state index contributed by atoms with van der Waals surface area (Å²) in [6.07, 6.45) is 4.64. The molecule has 0 aliphatic rings. The Morgan fingerprint density at radius 2 is 2.26 bits per heavy atom. The summed E-state index contributed by atoms with van der Waals surface area (Å²) >= 11 is 0. The van der Waals surface area contributed by atoms with E-state index in [1.165, 1.54) is 23.6 Å². The topological polar surface area (TPSA) is 86.3 Å². The molecule has 0 bridgehead atoms. The van der Waals surface area contributed by atoms with Crippen molar-refractivity contribution in [3.63, 3.8) is 0 Å². The normalized spacial score (nSPS) is 11.9. The summed E-state index contributed by atoms with van der Waals surface area (Å²) in [7, 11) is -2.06. The number of aliphatic hydroxyl groups excluding tert-OH is 1. The Bertz CT molecular complexity index is 637. The molecule has 0 amide bonds. The summed E-state index contributed by atoms with van der Waals surface area (Å²) in [5, 5.41) is 8.94. The Kier molecular flexibility index (Phi) is 3.98. The zero-order valence-corrected chi connectivity index (χ0v) is 11.3. The van der Waals surface area contributed by atoms with Crippen LogP contribution in [0.2, 0.25) is 0 Å². The molecular formula is C12H15N3O3S. The third-order valence-electron chi connectivity index (χ3n) is 2.72. The van der Waals surface area contributed by atoms with E-state index in [-0.39, 0.29) is 18.0 Å². The monoisotopic (exact) mass is 281 g/mol. The average molecular weight is 281 g/mol. The molecular weight excluding hydrogens is 266 g/mol. The molecule has 2 rings (SSSR count). The Balaban J connectivity index is 2.19. The molecule has 2 aromatic heterocycles. The molecule has 6 nitrogen and oxygen atoms in total. The third kappa shape index (κ3) is 3.01. The molecule has 0 aromatic carbocycles. The fourth-order valence-electron chi connectivity index (χ4n) is 1.67. The molecule has 0 fully saturated rings.